The van der Waals surface area contributed by atoms with Gasteiger partial charge in [-0.1, -0.05) is 41.5 Å². The maximum absolute atomic E-state index is 5.07. The van der Waals surface area contributed by atoms with Crippen LogP contribution in [0.2, 0.25) is 0 Å². The molecule has 4 atom stereocenters. The van der Waals surface area contributed by atoms with E-state index in [1.165, 1.54) is 48.2 Å². The van der Waals surface area contributed by atoms with E-state index in [2.05, 4.69) is 63.3 Å². The molecule has 0 saturated heterocycles. The number of rotatable bonds is 4. The van der Waals surface area contributed by atoms with Gasteiger partial charge in [0, 0.05) is 23.7 Å². The Kier molecular flexibility index (Phi) is 4.94. The molecule has 2 aromatic rings. The van der Waals surface area contributed by atoms with Gasteiger partial charge in [0.05, 0.1) is 11.9 Å². The normalized spacial score (nSPS) is 27.9. The molecule has 148 valence electrons. The summed E-state index contributed by atoms with van der Waals surface area (Å²) in [5.74, 6) is 3.78. The molecule has 0 radical (unpaired) electrons. The molecule has 2 aliphatic rings. The van der Waals surface area contributed by atoms with Gasteiger partial charge in [-0.3, -0.25) is 4.68 Å². The van der Waals surface area contributed by atoms with Crippen molar-refractivity contribution in [2.75, 3.05) is 0 Å². The molecule has 4 heteroatoms. The Balaban J connectivity index is 1.68. The van der Waals surface area contributed by atoms with E-state index in [4.69, 9.17) is 10.2 Å². The Labute approximate surface area is 164 Å². The maximum atomic E-state index is 5.07. The van der Waals surface area contributed by atoms with E-state index in [-0.39, 0.29) is 0 Å². The van der Waals surface area contributed by atoms with Gasteiger partial charge in [-0.25, -0.2) is 4.68 Å². The summed E-state index contributed by atoms with van der Waals surface area (Å²) in [4.78, 5) is 0. The molecule has 0 spiro atoms. The highest BCUT2D eigenvalue weighted by Gasteiger charge is 2.32. The molecule has 0 aromatic carbocycles. The van der Waals surface area contributed by atoms with Crippen LogP contribution in [0.1, 0.15) is 113 Å². The summed E-state index contributed by atoms with van der Waals surface area (Å²) in [5, 5.41) is 9.88. The third-order valence-corrected chi connectivity index (χ3v) is 7.20. The highest BCUT2D eigenvalue weighted by atomic mass is 15.4. The molecule has 0 amide bonds. The van der Waals surface area contributed by atoms with E-state index in [1.807, 2.05) is 0 Å². The Bertz CT molecular complexity index is 797. The topological polar surface area (TPSA) is 35.6 Å². The van der Waals surface area contributed by atoms with Crippen molar-refractivity contribution in [1.82, 2.24) is 19.6 Å². The molecule has 2 aliphatic carbocycles. The minimum Gasteiger partial charge on any atom is -0.251 e. The fourth-order valence-corrected chi connectivity index (χ4v) is 5.38. The first-order valence-corrected chi connectivity index (χ1v) is 11.0. The Morgan fingerprint density at radius 2 is 1.56 bits per heavy atom. The van der Waals surface area contributed by atoms with E-state index in [1.54, 1.807) is 0 Å². The van der Waals surface area contributed by atoms with E-state index in [0.29, 0.717) is 35.5 Å². The van der Waals surface area contributed by atoms with Crippen LogP contribution in [0.4, 0.5) is 0 Å². The highest BCUT2D eigenvalue weighted by molar-refractivity contribution is 5.30. The summed E-state index contributed by atoms with van der Waals surface area (Å²) in [6.45, 7) is 14.8. The molecule has 0 unspecified atom stereocenters. The third-order valence-electron chi connectivity index (χ3n) is 7.20. The van der Waals surface area contributed by atoms with Crippen LogP contribution < -0.4 is 0 Å². The molecule has 2 aromatic heterocycles. The average Bonchev–Trinajstić information content (AvgIpc) is 3.21. The number of aromatic nitrogens is 4. The number of hydrogen-bond acceptors (Lipinski definition) is 2. The quantitative estimate of drug-likeness (QED) is 0.677. The lowest BCUT2D eigenvalue weighted by Gasteiger charge is -2.30. The molecule has 0 fully saturated rings. The molecule has 0 N–H and O–H groups in total. The molecular weight excluding hydrogens is 332 g/mol. The summed E-state index contributed by atoms with van der Waals surface area (Å²) in [6, 6.07) is 0. The first-order valence-electron chi connectivity index (χ1n) is 11.0. The fraction of sp³-hybridized carbons (Fsp3) is 0.739. The molecular formula is C23H36N4. The summed E-state index contributed by atoms with van der Waals surface area (Å²) in [7, 11) is 0. The zero-order valence-electron chi connectivity index (χ0n) is 17.9. The predicted molar refractivity (Wildman–Crippen MR) is 110 cm³/mol. The van der Waals surface area contributed by atoms with Crippen molar-refractivity contribution >= 4 is 0 Å². The molecule has 4 rings (SSSR count). The zero-order chi connectivity index (χ0) is 19.3. The number of fused-ring (bicyclic) bond motifs is 2. The molecule has 0 saturated carbocycles. The smallest absolute Gasteiger partial charge is 0.133 e. The summed E-state index contributed by atoms with van der Waals surface area (Å²) in [5.41, 5.74) is 5.74. The van der Waals surface area contributed by atoms with Crippen LogP contribution in [0.15, 0.2) is 12.4 Å². The molecule has 0 bridgehead atoms. The van der Waals surface area contributed by atoms with E-state index in [9.17, 15) is 0 Å². The van der Waals surface area contributed by atoms with Crippen molar-refractivity contribution in [3.63, 3.8) is 0 Å². The largest absolute Gasteiger partial charge is 0.251 e. The SMILES string of the molecule is CC(C)[C@H]1CC[C@@H](C)c2cn(Cn3ncc4c3[C@@H](C(C)C)CC[C@H]4C)nc21. The van der Waals surface area contributed by atoms with Crippen molar-refractivity contribution in [2.24, 2.45) is 11.8 Å². The van der Waals surface area contributed by atoms with E-state index in [0.717, 1.165) is 6.67 Å². The van der Waals surface area contributed by atoms with Gasteiger partial charge in [-0.2, -0.15) is 10.2 Å². The van der Waals surface area contributed by atoms with Crippen LogP contribution in [0.25, 0.3) is 0 Å². The standard InChI is InChI=1S/C23H36N4/c1-14(2)18-9-7-17(6)21-12-26(25-22(18)21)13-27-23-19(15(3)4)10-8-16(5)20(23)11-24-27/h11-12,14-19H,7-10,13H2,1-6H3/t16-,17-,18-,19-/m1/s1. The van der Waals surface area contributed by atoms with E-state index >= 15 is 0 Å². The van der Waals surface area contributed by atoms with Crippen LogP contribution in [0.3, 0.4) is 0 Å². The molecule has 0 aliphatic heterocycles. The van der Waals surface area contributed by atoms with Crippen LogP contribution in [0.5, 0.6) is 0 Å². The summed E-state index contributed by atoms with van der Waals surface area (Å²) < 4.78 is 4.40. The molecule has 27 heavy (non-hydrogen) atoms. The number of hydrogen-bond donors (Lipinski definition) is 0. The average molecular weight is 369 g/mol. The summed E-state index contributed by atoms with van der Waals surface area (Å²) >= 11 is 0. The zero-order valence-corrected chi connectivity index (χ0v) is 17.9. The van der Waals surface area contributed by atoms with Crippen molar-refractivity contribution in [3.05, 3.63) is 34.9 Å². The van der Waals surface area contributed by atoms with Crippen LogP contribution >= 0.6 is 0 Å². The van der Waals surface area contributed by atoms with Gasteiger partial charge in [0.2, 0.25) is 0 Å². The second kappa shape index (κ2) is 7.10. The minimum absolute atomic E-state index is 0.604. The van der Waals surface area contributed by atoms with Crippen molar-refractivity contribution in [3.8, 4) is 0 Å². The Morgan fingerprint density at radius 1 is 0.926 bits per heavy atom. The lowest BCUT2D eigenvalue weighted by Crippen LogP contribution is -2.22. The van der Waals surface area contributed by atoms with Gasteiger partial charge in [0.25, 0.3) is 0 Å². The summed E-state index contributed by atoms with van der Waals surface area (Å²) in [6.07, 6.45) is 9.54. The van der Waals surface area contributed by atoms with Gasteiger partial charge < -0.3 is 0 Å². The molecule has 4 nitrogen and oxygen atoms in total. The number of nitrogens with zero attached hydrogens (tertiary/aromatic N) is 4. The minimum atomic E-state index is 0.604. The van der Waals surface area contributed by atoms with Crippen molar-refractivity contribution < 1.29 is 0 Å². The Hall–Kier alpha value is -1.58. The first kappa shape index (κ1) is 18.8. The second-order valence-corrected chi connectivity index (χ2v) is 9.79. The lowest BCUT2D eigenvalue weighted by atomic mass is 9.76. The van der Waals surface area contributed by atoms with Crippen LogP contribution in [0, 0.1) is 11.8 Å². The fourth-order valence-electron chi connectivity index (χ4n) is 5.38. The first-order chi connectivity index (χ1) is 12.9. The van der Waals surface area contributed by atoms with Gasteiger partial charge in [-0.05, 0) is 60.5 Å². The van der Waals surface area contributed by atoms with Crippen molar-refractivity contribution in [2.45, 2.75) is 97.6 Å². The molecule has 2 heterocycles. The van der Waals surface area contributed by atoms with Gasteiger partial charge in [0.1, 0.15) is 6.67 Å². The lowest BCUT2D eigenvalue weighted by molar-refractivity contribution is 0.367. The highest BCUT2D eigenvalue weighted by Crippen LogP contribution is 2.43. The second-order valence-electron chi connectivity index (χ2n) is 9.79. The third kappa shape index (κ3) is 3.25. The maximum Gasteiger partial charge on any atom is 0.133 e. The monoisotopic (exact) mass is 368 g/mol. The van der Waals surface area contributed by atoms with Gasteiger partial charge >= 0.3 is 0 Å². The van der Waals surface area contributed by atoms with Crippen LogP contribution in [-0.4, -0.2) is 19.6 Å². The predicted octanol–water partition coefficient (Wildman–Crippen LogP) is 5.86. The van der Waals surface area contributed by atoms with Crippen LogP contribution in [-0.2, 0) is 6.67 Å². The van der Waals surface area contributed by atoms with Gasteiger partial charge in [-0.15, -0.1) is 0 Å². The van der Waals surface area contributed by atoms with Gasteiger partial charge in [0.15, 0.2) is 0 Å². The van der Waals surface area contributed by atoms with Crippen molar-refractivity contribution in [1.29, 1.82) is 0 Å². The van der Waals surface area contributed by atoms with E-state index < -0.39 is 0 Å². The Morgan fingerprint density at radius 3 is 2.22 bits per heavy atom.